The highest BCUT2D eigenvalue weighted by Gasteiger charge is 2.21. The molecule has 0 aliphatic rings. The van der Waals surface area contributed by atoms with Gasteiger partial charge in [-0.05, 0) is 6.07 Å². The van der Waals surface area contributed by atoms with Crippen LogP contribution in [0.3, 0.4) is 0 Å². The zero-order chi connectivity index (χ0) is 13.0. The third kappa shape index (κ3) is 3.36. The number of carbonyl (C=O) groups is 1. The van der Waals surface area contributed by atoms with Crippen LogP contribution in [0.1, 0.15) is 23.4 Å². The minimum absolute atomic E-state index is 0.0405. The van der Waals surface area contributed by atoms with Gasteiger partial charge in [-0.2, -0.15) is 0 Å². The van der Waals surface area contributed by atoms with E-state index in [1.54, 1.807) is 0 Å². The number of alkyl halides is 3. The monoisotopic (exact) mass is 308 g/mol. The van der Waals surface area contributed by atoms with Gasteiger partial charge in [-0.1, -0.05) is 15.9 Å². The van der Waals surface area contributed by atoms with Gasteiger partial charge in [-0.3, -0.25) is 9.78 Å². The van der Waals surface area contributed by atoms with Gasteiger partial charge in [0.2, 0.25) is 0 Å². The van der Waals surface area contributed by atoms with Crippen LogP contribution >= 0.6 is 15.9 Å². The number of pyridine rings is 1. The van der Waals surface area contributed by atoms with Crippen LogP contribution < -0.4 is 5.73 Å². The van der Waals surface area contributed by atoms with Crippen molar-refractivity contribution in [2.75, 3.05) is 12.8 Å². The molecule has 0 atom stereocenters. The Balaban J connectivity index is 3.22. The van der Waals surface area contributed by atoms with E-state index in [2.05, 4.69) is 25.7 Å². The first-order chi connectivity index (χ1) is 7.99. The summed E-state index contributed by atoms with van der Waals surface area (Å²) in [6.45, 7) is 0. The van der Waals surface area contributed by atoms with E-state index >= 15 is 0 Å². The van der Waals surface area contributed by atoms with E-state index < -0.39 is 18.0 Å². The quantitative estimate of drug-likeness (QED) is 0.684. The lowest BCUT2D eigenvalue weighted by Crippen LogP contribution is -2.12. The molecule has 17 heavy (non-hydrogen) atoms. The highest BCUT2D eigenvalue weighted by Crippen LogP contribution is 2.29. The molecule has 2 N–H and O–H groups in total. The maximum Gasteiger partial charge on any atom is 0.311 e. The number of nitrogens with two attached hydrogens (primary N) is 1. The van der Waals surface area contributed by atoms with Crippen molar-refractivity contribution in [3.63, 3.8) is 0 Å². The van der Waals surface area contributed by atoms with Crippen LogP contribution in [0.15, 0.2) is 6.07 Å². The summed E-state index contributed by atoms with van der Waals surface area (Å²) in [5, 5.41) is 0.370. The lowest BCUT2D eigenvalue weighted by Gasteiger charge is -2.11. The number of carbonyl (C=O) groups excluding carboxylic acids is 1. The number of aromatic nitrogens is 1. The Hall–Kier alpha value is -1.24. The standard InChI is InChI=1S/C10H11BrF2N2O2/c1-17-8(16)3-7-9(10(12)13)6(14)2-5(4-11)15-7/h2,10H,3-4H2,1H3,(H2,14,15). The van der Waals surface area contributed by atoms with Gasteiger partial charge in [-0.15, -0.1) is 0 Å². The van der Waals surface area contributed by atoms with Crippen molar-refractivity contribution < 1.29 is 18.3 Å². The highest BCUT2D eigenvalue weighted by molar-refractivity contribution is 9.08. The summed E-state index contributed by atoms with van der Waals surface area (Å²) in [5.74, 6) is -0.634. The third-order valence-corrected chi connectivity index (χ3v) is 2.69. The topological polar surface area (TPSA) is 65.2 Å². The van der Waals surface area contributed by atoms with Gasteiger partial charge in [0, 0.05) is 11.0 Å². The number of nitrogens with zero attached hydrogens (tertiary/aromatic N) is 1. The Labute approximate surface area is 105 Å². The van der Waals surface area contributed by atoms with Crippen LogP contribution in [0.5, 0.6) is 0 Å². The van der Waals surface area contributed by atoms with Crippen LogP contribution in [-0.2, 0) is 21.3 Å². The van der Waals surface area contributed by atoms with Crippen LogP contribution in [0, 0.1) is 0 Å². The van der Waals surface area contributed by atoms with Gasteiger partial charge in [0.1, 0.15) is 0 Å². The van der Waals surface area contributed by atoms with E-state index in [1.807, 2.05) is 0 Å². The summed E-state index contributed by atoms with van der Waals surface area (Å²) in [7, 11) is 1.18. The first-order valence-corrected chi connectivity index (χ1v) is 5.80. The molecule has 0 radical (unpaired) electrons. The lowest BCUT2D eigenvalue weighted by atomic mass is 10.1. The summed E-state index contributed by atoms with van der Waals surface area (Å²) in [6.07, 6.45) is -3.09. The normalized spacial score (nSPS) is 10.6. The Morgan fingerprint density at radius 1 is 1.65 bits per heavy atom. The molecule has 0 saturated heterocycles. The second-order valence-corrected chi connectivity index (χ2v) is 3.81. The highest BCUT2D eigenvalue weighted by atomic mass is 79.9. The molecular formula is C10H11BrF2N2O2. The molecule has 0 aliphatic heterocycles. The van der Waals surface area contributed by atoms with Gasteiger partial charge < -0.3 is 10.5 Å². The molecule has 1 aromatic heterocycles. The number of halogens is 3. The second kappa shape index (κ2) is 5.90. The largest absolute Gasteiger partial charge is 0.469 e. The fourth-order valence-corrected chi connectivity index (χ4v) is 1.64. The number of hydrogen-bond donors (Lipinski definition) is 1. The van der Waals surface area contributed by atoms with Crippen molar-refractivity contribution >= 4 is 27.6 Å². The van der Waals surface area contributed by atoms with Crippen LogP contribution in [-0.4, -0.2) is 18.1 Å². The third-order valence-electron chi connectivity index (χ3n) is 2.12. The van der Waals surface area contributed by atoms with Gasteiger partial charge in [-0.25, -0.2) is 8.78 Å². The number of anilines is 1. The maximum atomic E-state index is 12.8. The Kier molecular flexibility index (Phi) is 4.80. The Morgan fingerprint density at radius 3 is 2.76 bits per heavy atom. The SMILES string of the molecule is COC(=O)Cc1nc(CBr)cc(N)c1C(F)F. The van der Waals surface area contributed by atoms with Gasteiger partial charge in [0.25, 0.3) is 6.43 Å². The molecule has 7 heteroatoms. The molecule has 0 unspecified atom stereocenters. The van der Waals surface area contributed by atoms with Crippen molar-refractivity contribution in [1.29, 1.82) is 0 Å². The lowest BCUT2D eigenvalue weighted by molar-refractivity contribution is -0.139. The number of methoxy groups -OCH3 is 1. The summed E-state index contributed by atoms with van der Waals surface area (Å²) in [5.41, 5.74) is 5.50. The summed E-state index contributed by atoms with van der Waals surface area (Å²) in [6, 6.07) is 1.36. The smallest absolute Gasteiger partial charge is 0.311 e. The molecule has 1 aromatic rings. The maximum absolute atomic E-state index is 12.8. The molecule has 0 amide bonds. The average Bonchev–Trinajstić information content (AvgIpc) is 2.27. The van der Waals surface area contributed by atoms with Crippen LogP contribution in [0.4, 0.5) is 14.5 Å². The molecule has 94 valence electrons. The minimum atomic E-state index is -2.77. The summed E-state index contributed by atoms with van der Waals surface area (Å²) in [4.78, 5) is 15.1. The Morgan fingerprint density at radius 2 is 2.29 bits per heavy atom. The van der Waals surface area contributed by atoms with E-state index in [0.29, 0.717) is 11.0 Å². The molecule has 0 aliphatic carbocycles. The van der Waals surface area contributed by atoms with Crippen molar-refractivity contribution in [1.82, 2.24) is 4.98 Å². The predicted molar refractivity (Wildman–Crippen MR) is 62.0 cm³/mol. The van der Waals surface area contributed by atoms with E-state index in [1.165, 1.54) is 13.2 Å². The first-order valence-electron chi connectivity index (χ1n) is 4.68. The molecule has 1 rings (SSSR count). The molecule has 0 aromatic carbocycles. The van der Waals surface area contributed by atoms with E-state index in [9.17, 15) is 13.6 Å². The summed E-state index contributed by atoms with van der Waals surface area (Å²) < 4.78 is 30.0. The molecule has 1 heterocycles. The number of hydrogen-bond acceptors (Lipinski definition) is 4. The van der Waals surface area contributed by atoms with Crippen LogP contribution in [0.2, 0.25) is 0 Å². The minimum Gasteiger partial charge on any atom is -0.469 e. The predicted octanol–water partition coefficient (Wildman–Crippen LogP) is 2.21. The van der Waals surface area contributed by atoms with Crippen molar-refractivity contribution in [2.24, 2.45) is 0 Å². The molecule has 4 nitrogen and oxygen atoms in total. The first kappa shape index (κ1) is 13.8. The molecule has 0 spiro atoms. The summed E-state index contributed by atoms with van der Waals surface area (Å²) >= 11 is 3.15. The van der Waals surface area contributed by atoms with Gasteiger partial charge in [0.15, 0.2) is 0 Å². The van der Waals surface area contributed by atoms with Crippen molar-refractivity contribution in [3.8, 4) is 0 Å². The van der Waals surface area contributed by atoms with Gasteiger partial charge >= 0.3 is 5.97 Å². The number of ether oxygens (including phenoxy) is 1. The number of esters is 1. The fraction of sp³-hybridized carbons (Fsp3) is 0.400. The van der Waals surface area contributed by atoms with E-state index in [0.717, 1.165) is 0 Å². The van der Waals surface area contributed by atoms with E-state index in [-0.39, 0.29) is 17.8 Å². The van der Waals surface area contributed by atoms with E-state index in [4.69, 9.17) is 5.73 Å². The average molecular weight is 309 g/mol. The Bertz CT molecular complexity index is 427. The van der Waals surface area contributed by atoms with Crippen molar-refractivity contribution in [2.45, 2.75) is 18.2 Å². The van der Waals surface area contributed by atoms with Gasteiger partial charge in [0.05, 0.1) is 30.5 Å². The molecular weight excluding hydrogens is 298 g/mol. The molecule has 0 saturated carbocycles. The molecule has 0 fully saturated rings. The van der Waals surface area contributed by atoms with Crippen LogP contribution in [0.25, 0.3) is 0 Å². The zero-order valence-electron chi connectivity index (χ0n) is 9.04. The molecule has 0 bridgehead atoms. The van der Waals surface area contributed by atoms with Crippen molar-refractivity contribution in [3.05, 3.63) is 23.0 Å². The second-order valence-electron chi connectivity index (χ2n) is 3.25. The number of nitrogen functional groups attached to an aromatic ring is 1. The number of rotatable bonds is 4. The zero-order valence-corrected chi connectivity index (χ0v) is 10.6. The fourth-order valence-electron chi connectivity index (χ4n) is 1.35.